The van der Waals surface area contributed by atoms with Crippen LogP contribution in [0, 0.1) is 5.41 Å². The van der Waals surface area contributed by atoms with Gasteiger partial charge < -0.3 is 9.47 Å². The molecule has 2 aromatic rings. The lowest BCUT2D eigenvalue weighted by molar-refractivity contribution is -0.173. The van der Waals surface area contributed by atoms with E-state index in [1.165, 1.54) is 19.1 Å². The molecule has 32 heavy (non-hydrogen) atoms. The predicted octanol–water partition coefficient (Wildman–Crippen LogP) is 4.43. The monoisotopic (exact) mass is 501 g/mol. The molecule has 3 rings (SSSR count). The van der Waals surface area contributed by atoms with E-state index in [0.29, 0.717) is 15.8 Å². The summed E-state index contributed by atoms with van der Waals surface area (Å²) >= 11 is 12.0. The SMILES string of the molecule is CC1(C)OCCC(S(=O)(=O)c2ccc(OCc3ccc(Cl)cc3Cl)cc2)C1(C)C(=O)NO. The second-order valence-electron chi connectivity index (χ2n) is 8.32. The lowest BCUT2D eigenvalue weighted by atomic mass is 9.69. The second-order valence-corrected chi connectivity index (χ2v) is 11.3. The van der Waals surface area contributed by atoms with Crippen molar-refractivity contribution in [2.45, 2.75) is 49.5 Å². The molecule has 1 aliphatic heterocycles. The van der Waals surface area contributed by atoms with Crippen molar-refractivity contribution >= 4 is 38.9 Å². The molecule has 2 unspecified atom stereocenters. The Morgan fingerprint density at radius 2 is 1.84 bits per heavy atom. The predicted molar refractivity (Wildman–Crippen MR) is 121 cm³/mol. The summed E-state index contributed by atoms with van der Waals surface area (Å²) in [4.78, 5) is 12.6. The Morgan fingerprint density at radius 3 is 2.44 bits per heavy atom. The Morgan fingerprint density at radius 1 is 1.19 bits per heavy atom. The Labute approximate surface area is 197 Å². The van der Waals surface area contributed by atoms with Crippen molar-refractivity contribution in [1.82, 2.24) is 5.48 Å². The van der Waals surface area contributed by atoms with Crippen LogP contribution in [0.3, 0.4) is 0 Å². The van der Waals surface area contributed by atoms with Gasteiger partial charge in [0.15, 0.2) is 9.84 Å². The Bertz CT molecular complexity index is 1100. The number of carbonyl (C=O) groups excluding carboxylic acids is 1. The molecule has 1 heterocycles. The number of hydroxylamine groups is 1. The standard InChI is InChI=1S/C22H25Cl2NO6S/c1-21(2)22(3,20(26)25-27)19(10-11-31-21)32(28,29)17-8-6-16(7-9-17)30-13-14-4-5-15(23)12-18(14)24/h4-9,12,19,27H,10-11,13H2,1-3H3,(H,25,26). The number of halogens is 2. The molecule has 2 atom stereocenters. The van der Waals surface area contributed by atoms with Crippen molar-refractivity contribution in [3.63, 3.8) is 0 Å². The first-order valence-electron chi connectivity index (χ1n) is 9.92. The lowest BCUT2D eigenvalue weighted by Crippen LogP contribution is -2.64. The highest BCUT2D eigenvalue weighted by molar-refractivity contribution is 7.92. The van der Waals surface area contributed by atoms with Gasteiger partial charge in [0.2, 0.25) is 0 Å². The van der Waals surface area contributed by atoms with Gasteiger partial charge in [-0.15, -0.1) is 0 Å². The van der Waals surface area contributed by atoms with Crippen molar-refractivity contribution in [2.24, 2.45) is 5.41 Å². The molecule has 1 aliphatic rings. The maximum absolute atomic E-state index is 13.5. The van der Waals surface area contributed by atoms with Crippen molar-refractivity contribution in [1.29, 1.82) is 0 Å². The fraction of sp³-hybridized carbons (Fsp3) is 0.409. The van der Waals surface area contributed by atoms with Gasteiger partial charge in [0.1, 0.15) is 12.4 Å². The molecule has 0 aliphatic carbocycles. The van der Waals surface area contributed by atoms with Gasteiger partial charge in [-0.1, -0.05) is 29.3 Å². The molecular formula is C22H25Cl2NO6S. The third kappa shape index (κ3) is 4.47. The van der Waals surface area contributed by atoms with Crippen LogP contribution in [0.4, 0.5) is 0 Å². The van der Waals surface area contributed by atoms with Gasteiger partial charge in [-0.25, -0.2) is 13.9 Å². The van der Waals surface area contributed by atoms with Crippen LogP contribution in [-0.2, 0) is 26.0 Å². The summed E-state index contributed by atoms with van der Waals surface area (Å²) < 4.78 is 38.4. The van der Waals surface area contributed by atoms with Crippen LogP contribution in [0.2, 0.25) is 10.0 Å². The van der Waals surface area contributed by atoms with Crippen LogP contribution < -0.4 is 10.2 Å². The molecule has 7 nitrogen and oxygen atoms in total. The van der Waals surface area contributed by atoms with Crippen LogP contribution >= 0.6 is 23.2 Å². The zero-order valence-electron chi connectivity index (χ0n) is 17.9. The summed E-state index contributed by atoms with van der Waals surface area (Å²) in [6, 6.07) is 11.0. The van der Waals surface area contributed by atoms with Crippen LogP contribution in [0.25, 0.3) is 0 Å². The number of ether oxygens (including phenoxy) is 2. The molecule has 1 amide bonds. The van der Waals surface area contributed by atoms with Crippen molar-refractivity contribution in [3.8, 4) is 5.75 Å². The molecule has 10 heteroatoms. The number of amides is 1. The molecule has 174 valence electrons. The van der Waals surface area contributed by atoms with Gasteiger partial charge in [0, 0.05) is 22.2 Å². The minimum Gasteiger partial charge on any atom is -0.489 e. The van der Waals surface area contributed by atoms with E-state index in [1.807, 2.05) is 0 Å². The second kappa shape index (κ2) is 9.19. The summed E-state index contributed by atoms with van der Waals surface area (Å²) in [7, 11) is -3.93. The topological polar surface area (TPSA) is 102 Å². The molecule has 2 aromatic carbocycles. The van der Waals surface area contributed by atoms with E-state index in [-0.39, 0.29) is 24.5 Å². The summed E-state index contributed by atoms with van der Waals surface area (Å²) in [5.41, 5.74) is -0.279. The van der Waals surface area contributed by atoms with E-state index in [0.717, 1.165) is 5.56 Å². The fourth-order valence-electron chi connectivity index (χ4n) is 3.94. The van der Waals surface area contributed by atoms with E-state index in [2.05, 4.69) is 0 Å². The summed E-state index contributed by atoms with van der Waals surface area (Å²) in [6.45, 7) is 5.14. The van der Waals surface area contributed by atoms with Crippen molar-refractivity contribution in [2.75, 3.05) is 6.61 Å². The average molecular weight is 502 g/mol. The van der Waals surface area contributed by atoms with Crippen LogP contribution in [0.15, 0.2) is 47.4 Å². The zero-order chi connectivity index (χ0) is 23.7. The molecule has 1 fully saturated rings. The minimum absolute atomic E-state index is 0.0500. The molecule has 2 N–H and O–H groups in total. The third-order valence-corrected chi connectivity index (χ3v) is 9.22. The smallest absolute Gasteiger partial charge is 0.253 e. The van der Waals surface area contributed by atoms with Gasteiger partial charge in [0.25, 0.3) is 5.91 Å². The number of sulfone groups is 1. The quantitative estimate of drug-likeness (QED) is 0.448. The minimum atomic E-state index is -3.93. The van der Waals surface area contributed by atoms with Gasteiger partial charge in [-0.05, 0) is 63.6 Å². The number of hydrogen-bond acceptors (Lipinski definition) is 6. The normalized spacial score (nSPS) is 22.9. The van der Waals surface area contributed by atoms with Crippen molar-refractivity contribution in [3.05, 3.63) is 58.1 Å². The summed E-state index contributed by atoms with van der Waals surface area (Å²) in [5.74, 6) is -0.353. The number of benzene rings is 2. The van der Waals surface area contributed by atoms with Gasteiger partial charge in [0.05, 0.1) is 21.2 Å². The van der Waals surface area contributed by atoms with Gasteiger partial charge in [-0.2, -0.15) is 0 Å². The Balaban J connectivity index is 1.84. The first kappa shape index (κ1) is 24.8. The Hall–Kier alpha value is -1.84. The van der Waals surface area contributed by atoms with Crippen LogP contribution in [-0.4, -0.2) is 37.0 Å². The molecular weight excluding hydrogens is 477 g/mol. The highest BCUT2D eigenvalue weighted by atomic mass is 35.5. The average Bonchev–Trinajstić information content (AvgIpc) is 2.74. The molecule has 0 spiro atoms. The maximum atomic E-state index is 13.5. The highest BCUT2D eigenvalue weighted by Crippen LogP contribution is 2.47. The van der Waals surface area contributed by atoms with Gasteiger partial charge in [-0.3, -0.25) is 10.0 Å². The summed E-state index contributed by atoms with van der Waals surface area (Å²) in [6.07, 6.45) is 0.114. The Kier molecular flexibility index (Phi) is 7.12. The van der Waals surface area contributed by atoms with E-state index in [1.54, 1.807) is 49.7 Å². The van der Waals surface area contributed by atoms with E-state index < -0.39 is 32.0 Å². The first-order valence-corrected chi connectivity index (χ1v) is 12.2. The van der Waals surface area contributed by atoms with Crippen molar-refractivity contribution < 1.29 is 27.9 Å². The molecule has 0 radical (unpaired) electrons. The van der Waals surface area contributed by atoms with Crippen LogP contribution in [0.1, 0.15) is 32.8 Å². The summed E-state index contributed by atoms with van der Waals surface area (Å²) in [5, 5.41) is 9.18. The van der Waals surface area contributed by atoms with E-state index >= 15 is 0 Å². The molecule has 1 saturated heterocycles. The van der Waals surface area contributed by atoms with E-state index in [4.69, 9.17) is 32.7 Å². The lowest BCUT2D eigenvalue weighted by Gasteiger charge is -2.49. The third-order valence-electron chi connectivity index (χ3n) is 6.25. The first-order chi connectivity index (χ1) is 14.9. The van der Waals surface area contributed by atoms with Crippen LogP contribution in [0.5, 0.6) is 5.75 Å². The number of hydrogen-bond donors (Lipinski definition) is 2. The zero-order valence-corrected chi connectivity index (χ0v) is 20.2. The maximum Gasteiger partial charge on any atom is 0.253 e. The fourth-order valence-corrected chi connectivity index (χ4v) is 6.66. The molecule has 0 aromatic heterocycles. The number of carbonyl (C=O) groups is 1. The largest absolute Gasteiger partial charge is 0.489 e. The molecule has 0 saturated carbocycles. The highest BCUT2D eigenvalue weighted by Gasteiger charge is 2.60. The van der Waals surface area contributed by atoms with E-state index in [9.17, 15) is 18.4 Å². The molecule has 0 bridgehead atoms. The number of rotatable bonds is 6. The number of nitrogens with one attached hydrogen (secondary N) is 1. The van der Waals surface area contributed by atoms with Gasteiger partial charge >= 0.3 is 0 Å².